The molecule has 2 aromatic heterocycles. The molecule has 3 rings (SSSR count). The average Bonchev–Trinajstić information content (AvgIpc) is 3.14. The van der Waals surface area contributed by atoms with Crippen molar-refractivity contribution in [2.45, 2.75) is 0 Å². The third-order valence-corrected chi connectivity index (χ3v) is 3.23. The number of thiophene rings is 1. The molecule has 7 heteroatoms. The Kier molecular flexibility index (Phi) is 3.42. The van der Waals surface area contributed by atoms with E-state index in [-0.39, 0.29) is 11.6 Å². The lowest BCUT2D eigenvalue weighted by atomic mass is 10.3. The van der Waals surface area contributed by atoms with Gasteiger partial charge in [-0.1, -0.05) is 6.07 Å². The number of carbonyl (C=O) groups is 1. The van der Waals surface area contributed by atoms with Gasteiger partial charge < -0.3 is 4.42 Å². The van der Waals surface area contributed by atoms with E-state index < -0.39 is 0 Å². The van der Waals surface area contributed by atoms with Crippen LogP contribution in [0.3, 0.4) is 0 Å². The smallest absolute Gasteiger partial charge is 0.276 e. The van der Waals surface area contributed by atoms with Gasteiger partial charge in [-0.05, 0) is 23.6 Å². The normalized spacial score (nSPS) is 16.7. The number of carbonyl (C=O) groups excluding carboxylic acids is 1. The second-order valence-corrected chi connectivity index (χ2v) is 4.82. The SMILES string of the molecule is O=C1NC(N/N=C/c2cccs2)=N/C1=C\c1ccco1. The molecule has 0 saturated carbocycles. The fourth-order valence-corrected chi connectivity index (χ4v) is 2.14. The second kappa shape index (κ2) is 5.54. The predicted molar refractivity (Wildman–Crippen MR) is 77.3 cm³/mol. The third kappa shape index (κ3) is 2.83. The molecular weight excluding hydrogens is 276 g/mol. The van der Waals surface area contributed by atoms with Gasteiger partial charge in [0.05, 0.1) is 12.5 Å². The number of nitrogens with zero attached hydrogens (tertiary/aromatic N) is 2. The Labute approximate surface area is 118 Å². The van der Waals surface area contributed by atoms with Crippen molar-refractivity contribution >= 4 is 35.5 Å². The highest BCUT2D eigenvalue weighted by atomic mass is 32.1. The summed E-state index contributed by atoms with van der Waals surface area (Å²) in [6.45, 7) is 0. The second-order valence-electron chi connectivity index (χ2n) is 3.84. The Bertz CT molecular complexity index is 684. The number of hydrogen-bond acceptors (Lipinski definition) is 6. The quantitative estimate of drug-likeness (QED) is 0.513. The Morgan fingerprint density at radius 3 is 3.10 bits per heavy atom. The molecule has 20 heavy (non-hydrogen) atoms. The van der Waals surface area contributed by atoms with Gasteiger partial charge in [-0.3, -0.25) is 10.1 Å². The highest BCUT2D eigenvalue weighted by Crippen LogP contribution is 2.11. The number of aliphatic imine (C=N–C) groups is 1. The van der Waals surface area contributed by atoms with Crippen molar-refractivity contribution in [3.8, 4) is 0 Å². The summed E-state index contributed by atoms with van der Waals surface area (Å²) in [6.07, 6.45) is 4.76. The monoisotopic (exact) mass is 286 g/mol. The van der Waals surface area contributed by atoms with Crippen molar-refractivity contribution in [3.05, 3.63) is 52.2 Å². The maximum absolute atomic E-state index is 11.7. The van der Waals surface area contributed by atoms with Crippen LogP contribution in [0.1, 0.15) is 10.6 Å². The van der Waals surface area contributed by atoms with Crippen LogP contribution in [0.15, 0.2) is 56.1 Å². The van der Waals surface area contributed by atoms with E-state index in [9.17, 15) is 4.79 Å². The fraction of sp³-hybridized carbons (Fsp3) is 0. The first-order valence-electron chi connectivity index (χ1n) is 5.79. The van der Waals surface area contributed by atoms with E-state index in [4.69, 9.17) is 4.42 Å². The minimum Gasteiger partial charge on any atom is -0.465 e. The van der Waals surface area contributed by atoms with Gasteiger partial charge in [0.25, 0.3) is 5.91 Å². The molecule has 100 valence electrons. The number of amides is 1. The van der Waals surface area contributed by atoms with Gasteiger partial charge in [0, 0.05) is 11.0 Å². The van der Waals surface area contributed by atoms with Gasteiger partial charge in [-0.2, -0.15) is 5.10 Å². The summed E-state index contributed by atoms with van der Waals surface area (Å²) in [5.74, 6) is 0.568. The largest absolute Gasteiger partial charge is 0.465 e. The highest BCUT2D eigenvalue weighted by molar-refractivity contribution is 7.11. The lowest BCUT2D eigenvalue weighted by molar-refractivity contribution is -0.115. The molecular formula is C13H10N4O2S. The van der Waals surface area contributed by atoms with Crippen LogP contribution in [0, 0.1) is 0 Å². The zero-order valence-corrected chi connectivity index (χ0v) is 11.1. The van der Waals surface area contributed by atoms with Crippen molar-refractivity contribution < 1.29 is 9.21 Å². The van der Waals surface area contributed by atoms with Crippen molar-refractivity contribution in [2.75, 3.05) is 0 Å². The van der Waals surface area contributed by atoms with Crippen LogP contribution in [-0.2, 0) is 4.79 Å². The molecule has 0 atom stereocenters. The maximum atomic E-state index is 11.7. The molecule has 0 saturated heterocycles. The summed E-state index contributed by atoms with van der Waals surface area (Å²) in [5, 5.41) is 8.54. The van der Waals surface area contributed by atoms with E-state index in [0.29, 0.717) is 11.7 Å². The van der Waals surface area contributed by atoms with Crippen LogP contribution in [0.4, 0.5) is 0 Å². The molecule has 6 nitrogen and oxygen atoms in total. The first-order valence-corrected chi connectivity index (χ1v) is 6.67. The number of furan rings is 1. The molecule has 0 bridgehead atoms. The van der Waals surface area contributed by atoms with E-state index in [1.165, 1.54) is 6.26 Å². The van der Waals surface area contributed by atoms with Crippen LogP contribution in [0.5, 0.6) is 0 Å². The van der Waals surface area contributed by atoms with E-state index in [1.807, 2.05) is 17.5 Å². The van der Waals surface area contributed by atoms with Crippen molar-refractivity contribution in [3.63, 3.8) is 0 Å². The number of hydrogen-bond donors (Lipinski definition) is 2. The highest BCUT2D eigenvalue weighted by Gasteiger charge is 2.19. The van der Waals surface area contributed by atoms with Crippen molar-refractivity contribution in [1.29, 1.82) is 0 Å². The van der Waals surface area contributed by atoms with Crippen molar-refractivity contribution in [1.82, 2.24) is 10.7 Å². The van der Waals surface area contributed by atoms with Gasteiger partial charge >= 0.3 is 0 Å². The molecule has 3 heterocycles. The summed E-state index contributed by atoms with van der Waals surface area (Å²) in [4.78, 5) is 16.8. The molecule has 0 aromatic carbocycles. The lowest BCUT2D eigenvalue weighted by Gasteiger charge is -1.96. The van der Waals surface area contributed by atoms with Crippen molar-refractivity contribution in [2.24, 2.45) is 10.1 Å². The summed E-state index contributed by atoms with van der Waals surface area (Å²) in [5.41, 5.74) is 2.95. The summed E-state index contributed by atoms with van der Waals surface area (Å²) in [6, 6.07) is 7.36. The first kappa shape index (κ1) is 12.4. The van der Waals surface area contributed by atoms with E-state index in [0.717, 1.165) is 4.88 Å². The molecule has 0 unspecified atom stereocenters. The van der Waals surface area contributed by atoms with Crippen LogP contribution in [-0.4, -0.2) is 18.1 Å². The summed E-state index contributed by atoms with van der Waals surface area (Å²) in [7, 11) is 0. The van der Waals surface area contributed by atoms with Crippen LogP contribution in [0.2, 0.25) is 0 Å². The van der Waals surface area contributed by atoms with Crippen LogP contribution < -0.4 is 10.7 Å². The number of rotatable bonds is 3. The van der Waals surface area contributed by atoms with Gasteiger partial charge in [0.1, 0.15) is 11.5 Å². The molecule has 1 aliphatic heterocycles. The van der Waals surface area contributed by atoms with E-state index >= 15 is 0 Å². The topological polar surface area (TPSA) is 79.0 Å². The predicted octanol–water partition coefficient (Wildman–Crippen LogP) is 1.79. The first-order chi connectivity index (χ1) is 9.81. The standard InChI is InChI=1S/C13H10N4O2S/c18-12-11(7-9-3-1-5-19-9)15-13(16-12)17-14-8-10-4-2-6-20-10/h1-8H,(H2,15,16,17,18)/b11-7-,14-8+. The van der Waals surface area contributed by atoms with Gasteiger partial charge in [0.2, 0.25) is 5.96 Å². The molecule has 2 N–H and O–H groups in total. The minimum absolute atomic E-state index is 0.272. The molecule has 0 radical (unpaired) electrons. The zero-order chi connectivity index (χ0) is 13.8. The molecule has 0 aliphatic carbocycles. The van der Waals surface area contributed by atoms with Gasteiger partial charge in [0.15, 0.2) is 0 Å². The molecule has 2 aromatic rings. The maximum Gasteiger partial charge on any atom is 0.276 e. The Balaban J connectivity index is 1.68. The molecule has 0 spiro atoms. The van der Waals surface area contributed by atoms with E-state index in [2.05, 4.69) is 20.8 Å². The zero-order valence-electron chi connectivity index (χ0n) is 10.2. The number of guanidine groups is 1. The van der Waals surface area contributed by atoms with Crippen LogP contribution >= 0.6 is 11.3 Å². The Morgan fingerprint density at radius 1 is 1.40 bits per heavy atom. The summed E-state index contributed by atoms with van der Waals surface area (Å²) < 4.78 is 5.13. The summed E-state index contributed by atoms with van der Waals surface area (Å²) >= 11 is 1.57. The van der Waals surface area contributed by atoms with E-state index in [1.54, 1.807) is 35.8 Å². The van der Waals surface area contributed by atoms with Gasteiger partial charge in [-0.15, -0.1) is 11.3 Å². The third-order valence-electron chi connectivity index (χ3n) is 2.42. The number of hydrazone groups is 1. The minimum atomic E-state index is -0.296. The molecule has 0 fully saturated rings. The fourth-order valence-electron chi connectivity index (χ4n) is 1.55. The Morgan fingerprint density at radius 2 is 2.35 bits per heavy atom. The molecule has 1 aliphatic rings. The average molecular weight is 286 g/mol. The number of nitrogens with one attached hydrogen (secondary N) is 2. The molecule has 1 amide bonds. The van der Waals surface area contributed by atoms with Crippen LogP contribution in [0.25, 0.3) is 6.08 Å². The van der Waals surface area contributed by atoms with Gasteiger partial charge in [-0.25, -0.2) is 10.4 Å². The Hall–Kier alpha value is -2.67. The lowest BCUT2D eigenvalue weighted by Crippen LogP contribution is -2.33.